The predicted molar refractivity (Wildman–Crippen MR) is 84.9 cm³/mol. The molecule has 1 aromatic carbocycles. The van der Waals surface area contributed by atoms with Crippen molar-refractivity contribution in [2.45, 2.75) is 19.3 Å². The van der Waals surface area contributed by atoms with Gasteiger partial charge in [0.1, 0.15) is 0 Å². The SMILES string of the molecule is Cc1cc(N(C)Cc2csc(Br)c2)ccc1CCl. The Kier molecular flexibility index (Phi) is 4.71. The summed E-state index contributed by atoms with van der Waals surface area (Å²) >= 11 is 11.1. The number of halogens is 2. The first-order chi connectivity index (χ1) is 8.60. The van der Waals surface area contributed by atoms with Gasteiger partial charge in [0.2, 0.25) is 0 Å². The third-order valence-corrected chi connectivity index (χ3v) is 4.79. The highest BCUT2D eigenvalue weighted by Gasteiger charge is 2.06. The third kappa shape index (κ3) is 3.28. The van der Waals surface area contributed by atoms with Crippen molar-refractivity contribution < 1.29 is 0 Å². The minimum absolute atomic E-state index is 0.577. The van der Waals surface area contributed by atoms with E-state index >= 15 is 0 Å². The maximum absolute atomic E-state index is 5.88. The van der Waals surface area contributed by atoms with Crippen LogP contribution in [0, 0.1) is 6.92 Å². The smallest absolute Gasteiger partial charge is 0.0701 e. The second-order valence-corrected chi connectivity index (χ2v) is 6.92. The Balaban J connectivity index is 2.13. The van der Waals surface area contributed by atoms with Crippen LogP contribution in [0.1, 0.15) is 16.7 Å². The number of benzene rings is 1. The molecule has 0 aliphatic carbocycles. The lowest BCUT2D eigenvalue weighted by Gasteiger charge is -2.20. The highest BCUT2D eigenvalue weighted by molar-refractivity contribution is 9.11. The van der Waals surface area contributed by atoms with E-state index < -0.39 is 0 Å². The summed E-state index contributed by atoms with van der Waals surface area (Å²) in [6.07, 6.45) is 0. The van der Waals surface area contributed by atoms with E-state index in [0.717, 1.165) is 6.54 Å². The van der Waals surface area contributed by atoms with Crippen LogP contribution in [0.5, 0.6) is 0 Å². The molecule has 2 rings (SSSR count). The van der Waals surface area contributed by atoms with E-state index in [9.17, 15) is 0 Å². The Labute approximate surface area is 126 Å². The molecule has 0 fully saturated rings. The summed E-state index contributed by atoms with van der Waals surface area (Å²) in [5.74, 6) is 0.577. The highest BCUT2D eigenvalue weighted by atomic mass is 79.9. The van der Waals surface area contributed by atoms with Crippen LogP contribution in [0.2, 0.25) is 0 Å². The summed E-state index contributed by atoms with van der Waals surface area (Å²) in [6.45, 7) is 3.03. The van der Waals surface area contributed by atoms with Crippen LogP contribution in [0.25, 0.3) is 0 Å². The van der Waals surface area contributed by atoms with Gasteiger partial charge in [0, 0.05) is 25.2 Å². The minimum Gasteiger partial charge on any atom is -0.370 e. The summed E-state index contributed by atoms with van der Waals surface area (Å²) in [4.78, 5) is 2.25. The molecular formula is C14H15BrClNS. The molecule has 0 saturated carbocycles. The molecule has 0 N–H and O–H groups in total. The molecular weight excluding hydrogens is 330 g/mol. The highest BCUT2D eigenvalue weighted by Crippen LogP contribution is 2.24. The van der Waals surface area contributed by atoms with Gasteiger partial charge in [-0.25, -0.2) is 0 Å². The van der Waals surface area contributed by atoms with Crippen LogP contribution in [0.3, 0.4) is 0 Å². The van der Waals surface area contributed by atoms with Gasteiger partial charge >= 0.3 is 0 Å². The molecule has 96 valence electrons. The lowest BCUT2D eigenvalue weighted by molar-refractivity contribution is 0.925. The normalized spacial score (nSPS) is 10.7. The Morgan fingerprint density at radius 3 is 2.67 bits per heavy atom. The number of anilines is 1. The maximum Gasteiger partial charge on any atom is 0.0701 e. The fourth-order valence-corrected chi connectivity index (χ4v) is 3.36. The molecule has 0 saturated heterocycles. The van der Waals surface area contributed by atoms with Crippen molar-refractivity contribution in [2.24, 2.45) is 0 Å². The summed E-state index contributed by atoms with van der Waals surface area (Å²) < 4.78 is 1.18. The van der Waals surface area contributed by atoms with E-state index in [-0.39, 0.29) is 0 Å². The second kappa shape index (κ2) is 6.09. The summed E-state index contributed by atoms with van der Waals surface area (Å²) in [7, 11) is 2.11. The topological polar surface area (TPSA) is 3.24 Å². The lowest BCUT2D eigenvalue weighted by atomic mass is 10.1. The van der Waals surface area contributed by atoms with Crippen LogP contribution in [0.15, 0.2) is 33.4 Å². The van der Waals surface area contributed by atoms with Gasteiger partial charge in [-0.3, -0.25) is 0 Å². The van der Waals surface area contributed by atoms with E-state index in [1.165, 1.54) is 26.2 Å². The van der Waals surface area contributed by atoms with Crippen molar-refractivity contribution in [3.63, 3.8) is 0 Å². The lowest BCUT2D eigenvalue weighted by Crippen LogP contribution is -2.16. The largest absolute Gasteiger partial charge is 0.370 e. The minimum atomic E-state index is 0.577. The average Bonchev–Trinajstić information content (AvgIpc) is 2.74. The van der Waals surface area contributed by atoms with E-state index in [2.05, 4.69) is 64.4 Å². The quantitative estimate of drug-likeness (QED) is 0.690. The summed E-state index contributed by atoms with van der Waals surface area (Å²) in [5, 5.41) is 2.18. The van der Waals surface area contributed by atoms with Crippen molar-refractivity contribution in [1.29, 1.82) is 0 Å². The molecule has 0 atom stereocenters. The first-order valence-electron chi connectivity index (χ1n) is 5.69. The van der Waals surface area contributed by atoms with Gasteiger partial charge in [-0.05, 0) is 63.1 Å². The van der Waals surface area contributed by atoms with E-state index in [1.54, 1.807) is 11.3 Å². The van der Waals surface area contributed by atoms with Crippen LogP contribution < -0.4 is 4.90 Å². The molecule has 1 heterocycles. The first kappa shape index (κ1) is 13.9. The fourth-order valence-electron chi connectivity index (χ4n) is 1.86. The van der Waals surface area contributed by atoms with Gasteiger partial charge < -0.3 is 4.90 Å². The number of aryl methyl sites for hydroxylation is 1. The molecule has 0 aliphatic rings. The number of hydrogen-bond donors (Lipinski definition) is 0. The van der Waals surface area contributed by atoms with Gasteiger partial charge in [-0.1, -0.05) is 6.07 Å². The van der Waals surface area contributed by atoms with Crippen molar-refractivity contribution in [1.82, 2.24) is 0 Å². The van der Waals surface area contributed by atoms with Crippen LogP contribution in [-0.2, 0) is 12.4 Å². The number of rotatable bonds is 4. The molecule has 0 unspecified atom stereocenters. The second-order valence-electron chi connectivity index (χ2n) is 4.36. The number of alkyl halides is 1. The molecule has 0 amide bonds. The van der Waals surface area contributed by atoms with Crippen LogP contribution in [0.4, 0.5) is 5.69 Å². The zero-order valence-corrected chi connectivity index (χ0v) is 13.6. The Hall–Kier alpha value is -0.510. The molecule has 0 radical (unpaired) electrons. The third-order valence-electron chi connectivity index (χ3n) is 2.95. The maximum atomic E-state index is 5.88. The van der Waals surface area contributed by atoms with E-state index in [1.807, 2.05) is 0 Å². The zero-order valence-electron chi connectivity index (χ0n) is 10.4. The molecule has 2 aromatic rings. The van der Waals surface area contributed by atoms with Crippen LogP contribution in [-0.4, -0.2) is 7.05 Å². The van der Waals surface area contributed by atoms with Crippen molar-refractivity contribution >= 4 is 44.6 Å². The van der Waals surface area contributed by atoms with Gasteiger partial charge in [-0.2, -0.15) is 0 Å². The molecule has 0 bridgehead atoms. The van der Waals surface area contributed by atoms with Gasteiger partial charge in [0.25, 0.3) is 0 Å². The predicted octanol–water partition coefficient (Wildman–Crippen LogP) is 5.19. The average molecular weight is 345 g/mol. The molecule has 0 spiro atoms. The van der Waals surface area contributed by atoms with Crippen LogP contribution >= 0.6 is 38.9 Å². The monoisotopic (exact) mass is 343 g/mol. The number of thiophene rings is 1. The van der Waals surface area contributed by atoms with Gasteiger partial charge in [0.05, 0.1) is 3.79 Å². The molecule has 1 nitrogen and oxygen atoms in total. The van der Waals surface area contributed by atoms with E-state index in [0.29, 0.717) is 5.88 Å². The van der Waals surface area contributed by atoms with Gasteiger partial charge in [0.15, 0.2) is 0 Å². The molecule has 4 heteroatoms. The molecule has 1 aromatic heterocycles. The standard InChI is InChI=1S/C14H15BrClNS/c1-10-5-13(4-3-12(10)7-16)17(2)8-11-6-14(15)18-9-11/h3-6,9H,7-8H2,1-2H3. The van der Waals surface area contributed by atoms with E-state index in [4.69, 9.17) is 11.6 Å². The van der Waals surface area contributed by atoms with Crippen molar-refractivity contribution in [3.8, 4) is 0 Å². The molecule has 18 heavy (non-hydrogen) atoms. The fraction of sp³-hybridized carbons (Fsp3) is 0.286. The number of nitrogens with zero attached hydrogens (tertiary/aromatic N) is 1. The summed E-state index contributed by atoms with van der Waals surface area (Å²) in [5.41, 5.74) is 5.00. The van der Waals surface area contributed by atoms with Crippen molar-refractivity contribution in [3.05, 3.63) is 50.1 Å². The van der Waals surface area contributed by atoms with Gasteiger partial charge in [-0.15, -0.1) is 22.9 Å². The van der Waals surface area contributed by atoms with Crippen molar-refractivity contribution in [2.75, 3.05) is 11.9 Å². The Morgan fingerprint density at radius 1 is 1.33 bits per heavy atom. The Bertz CT molecular complexity index is 538. The zero-order chi connectivity index (χ0) is 13.1. The summed E-state index contributed by atoms with van der Waals surface area (Å²) in [6, 6.07) is 8.60. The number of hydrogen-bond acceptors (Lipinski definition) is 2. The Morgan fingerprint density at radius 2 is 2.11 bits per heavy atom. The first-order valence-corrected chi connectivity index (χ1v) is 7.90. The molecule has 0 aliphatic heterocycles.